The first-order valence-electron chi connectivity index (χ1n) is 6.59. The highest BCUT2D eigenvalue weighted by atomic mass is 16.4. The molecule has 2 aromatic rings. The van der Waals surface area contributed by atoms with Crippen LogP contribution in [0.25, 0.3) is 11.3 Å². The Bertz CT molecular complexity index is 671. The van der Waals surface area contributed by atoms with Gasteiger partial charge in [0.25, 0.3) is 0 Å². The predicted octanol–water partition coefficient (Wildman–Crippen LogP) is 3.25. The van der Waals surface area contributed by atoms with Gasteiger partial charge in [-0.05, 0) is 29.5 Å². The molecule has 0 amide bonds. The normalized spacial score (nSPS) is 12.1. The van der Waals surface area contributed by atoms with E-state index >= 15 is 0 Å². The molecule has 1 aromatic carbocycles. The zero-order chi connectivity index (χ0) is 14.7. The lowest BCUT2D eigenvalue weighted by molar-refractivity contribution is 0.0696. The Hall–Kier alpha value is -2.36. The smallest absolute Gasteiger partial charge is 0.335 e. The minimum Gasteiger partial charge on any atom is -0.478 e. The molecule has 0 saturated heterocycles. The summed E-state index contributed by atoms with van der Waals surface area (Å²) in [5, 5.41) is 8.98. The highest BCUT2D eigenvalue weighted by Crippen LogP contribution is 2.23. The summed E-state index contributed by atoms with van der Waals surface area (Å²) in [5.41, 5.74) is 2.14. The van der Waals surface area contributed by atoms with Gasteiger partial charge in [-0.15, -0.1) is 0 Å². The maximum atomic E-state index is 11.5. The Morgan fingerprint density at radius 3 is 2.45 bits per heavy atom. The summed E-state index contributed by atoms with van der Waals surface area (Å²) in [6.45, 7) is 4.29. The zero-order valence-electron chi connectivity index (χ0n) is 11.5. The molecular weight excluding hydrogens is 254 g/mol. The van der Waals surface area contributed by atoms with Crippen molar-refractivity contribution in [2.45, 2.75) is 26.2 Å². The van der Waals surface area contributed by atoms with Crippen molar-refractivity contribution in [2.24, 2.45) is 0 Å². The van der Waals surface area contributed by atoms with E-state index in [1.807, 2.05) is 24.3 Å². The third-order valence-electron chi connectivity index (χ3n) is 3.49. The van der Waals surface area contributed by atoms with Gasteiger partial charge in [0.2, 0.25) is 5.56 Å². The average Bonchev–Trinajstić information content (AvgIpc) is 2.46. The molecule has 0 radical (unpaired) electrons. The number of carboxylic acid groups (broad SMARTS) is 1. The molecule has 0 aliphatic carbocycles. The number of H-pyrrole nitrogens is 1. The second kappa shape index (κ2) is 5.74. The first kappa shape index (κ1) is 14.1. The van der Waals surface area contributed by atoms with E-state index in [0.29, 0.717) is 11.6 Å². The van der Waals surface area contributed by atoms with E-state index in [1.165, 1.54) is 11.6 Å². The van der Waals surface area contributed by atoms with Crippen LogP contribution in [0, 0.1) is 0 Å². The molecule has 2 N–H and O–H groups in total. The van der Waals surface area contributed by atoms with Crippen LogP contribution in [0.5, 0.6) is 0 Å². The summed E-state index contributed by atoms with van der Waals surface area (Å²) in [7, 11) is 0. The van der Waals surface area contributed by atoms with E-state index in [2.05, 4.69) is 18.8 Å². The number of pyridine rings is 1. The van der Waals surface area contributed by atoms with Gasteiger partial charge in [0.05, 0.1) is 5.56 Å². The summed E-state index contributed by atoms with van der Waals surface area (Å²) in [6, 6.07) is 10.4. The van der Waals surface area contributed by atoms with E-state index in [0.717, 1.165) is 18.1 Å². The van der Waals surface area contributed by atoms with Crippen LogP contribution in [0.4, 0.5) is 0 Å². The highest BCUT2D eigenvalue weighted by molar-refractivity contribution is 5.88. The molecule has 1 atom stereocenters. The van der Waals surface area contributed by atoms with Gasteiger partial charge in [-0.1, -0.05) is 38.1 Å². The van der Waals surface area contributed by atoms with Gasteiger partial charge in [-0.2, -0.15) is 0 Å². The zero-order valence-corrected chi connectivity index (χ0v) is 11.5. The van der Waals surface area contributed by atoms with Gasteiger partial charge in [-0.25, -0.2) is 4.79 Å². The minimum absolute atomic E-state index is 0.00486. The van der Waals surface area contributed by atoms with Crippen molar-refractivity contribution in [1.82, 2.24) is 4.98 Å². The quantitative estimate of drug-likeness (QED) is 0.896. The van der Waals surface area contributed by atoms with Crippen molar-refractivity contribution >= 4 is 5.97 Å². The molecule has 4 nitrogen and oxygen atoms in total. The molecule has 0 bridgehead atoms. The first-order valence-corrected chi connectivity index (χ1v) is 6.59. The maximum Gasteiger partial charge on any atom is 0.335 e. The number of benzene rings is 1. The Morgan fingerprint density at radius 2 is 1.90 bits per heavy atom. The molecule has 1 unspecified atom stereocenters. The number of rotatable bonds is 4. The van der Waals surface area contributed by atoms with Gasteiger partial charge in [0, 0.05) is 11.8 Å². The van der Waals surface area contributed by atoms with Crippen molar-refractivity contribution in [2.75, 3.05) is 0 Å². The van der Waals surface area contributed by atoms with Crippen LogP contribution in [0.3, 0.4) is 0 Å². The Labute approximate surface area is 117 Å². The molecule has 0 aliphatic heterocycles. The van der Waals surface area contributed by atoms with Crippen LogP contribution < -0.4 is 5.56 Å². The van der Waals surface area contributed by atoms with Crippen LogP contribution in [-0.2, 0) is 0 Å². The predicted molar refractivity (Wildman–Crippen MR) is 78.2 cm³/mol. The van der Waals surface area contributed by atoms with Crippen molar-refractivity contribution in [3.8, 4) is 11.3 Å². The van der Waals surface area contributed by atoms with Crippen molar-refractivity contribution in [3.05, 3.63) is 57.9 Å². The van der Waals surface area contributed by atoms with Crippen LogP contribution in [-0.4, -0.2) is 16.1 Å². The van der Waals surface area contributed by atoms with Gasteiger partial charge in [-0.3, -0.25) is 4.79 Å². The molecule has 104 valence electrons. The lowest BCUT2D eigenvalue weighted by Crippen LogP contribution is -2.10. The van der Waals surface area contributed by atoms with Crippen molar-refractivity contribution < 1.29 is 9.90 Å². The summed E-state index contributed by atoms with van der Waals surface area (Å²) in [4.78, 5) is 25.1. The lowest BCUT2D eigenvalue weighted by Gasteiger charge is -2.10. The first-order chi connectivity index (χ1) is 9.51. The van der Waals surface area contributed by atoms with Crippen molar-refractivity contribution in [1.29, 1.82) is 0 Å². The molecule has 0 fully saturated rings. The second-order valence-corrected chi connectivity index (χ2v) is 4.88. The number of carboxylic acids is 1. The van der Waals surface area contributed by atoms with Gasteiger partial charge in [0.15, 0.2) is 0 Å². The minimum atomic E-state index is -1.10. The number of aromatic carboxylic acids is 1. The SMILES string of the molecule is CCC(C)c1ccc(-c2cc(C(=O)O)cc(=O)[nH]2)cc1. The molecule has 4 heteroatoms. The van der Waals surface area contributed by atoms with Gasteiger partial charge >= 0.3 is 5.97 Å². The third-order valence-corrected chi connectivity index (χ3v) is 3.49. The standard InChI is InChI=1S/C16H17NO3/c1-3-10(2)11-4-6-12(7-5-11)14-8-13(16(19)20)9-15(18)17-14/h4-10H,3H2,1-2H3,(H,17,18)(H,19,20). The summed E-state index contributed by atoms with van der Waals surface area (Å²) in [5.74, 6) is -0.623. The number of nitrogens with one attached hydrogen (secondary N) is 1. The number of aromatic nitrogens is 1. The molecule has 0 saturated carbocycles. The number of hydrogen-bond acceptors (Lipinski definition) is 2. The molecule has 0 aliphatic rings. The topological polar surface area (TPSA) is 70.2 Å². The van der Waals surface area contributed by atoms with Gasteiger partial charge < -0.3 is 10.1 Å². The van der Waals surface area contributed by atoms with E-state index < -0.39 is 11.5 Å². The Morgan fingerprint density at radius 1 is 1.25 bits per heavy atom. The molecule has 1 heterocycles. The van der Waals surface area contributed by atoms with E-state index in [4.69, 9.17) is 5.11 Å². The van der Waals surface area contributed by atoms with Crippen LogP contribution in [0.1, 0.15) is 42.1 Å². The largest absolute Gasteiger partial charge is 0.478 e. The fourth-order valence-corrected chi connectivity index (χ4v) is 2.05. The molecular formula is C16H17NO3. The van der Waals surface area contributed by atoms with Crippen molar-refractivity contribution in [3.63, 3.8) is 0 Å². The molecule has 2 rings (SSSR count). The molecule has 20 heavy (non-hydrogen) atoms. The van der Waals surface area contributed by atoms with Crippen LogP contribution in [0.2, 0.25) is 0 Å². The Kier molecular flexibility index (Phi) is 4.03. The van der Waals surface area contributed by atoms with E-state index in [1.54, 1.807) is 0 Å². The number of aromatic amines is 1. The monoisotopic (exact) mass is 271 g/mol. The van der Waals surface area contributed by atoms with E-state index in [-0.39, 0.29) is 5.56 Å². The summed E-state index contributed by atoms with van der Waals surface area (Å²) >= 11 is 0. The fourth-order valence-electron chi connectivity index (χ4n) is 2.05. The molecule has 0 spiro atoms. The average molecular weight is 271 g/mol. The van der Waals surface area contributed by atoms with E-state index in [9.17, 15) is 9.59 Å². The summed E-state index contributed by atoms with van der Waals surface area (Å²) in [6.07, 6.45) is 1.06. The lowest BCUT2D eigenvalue weighted by atomic mass is 9.97. The fraction of sp³-hybridized carbons (Fsp3) is 0.250. The second-order valence-electron chi connectivity index (χ2n) is 4.88. The highest BCUT2D eigenvalue weighted by Gasteiger charge is 2.08. The molecule has 1 aromatic heterocycles. The van der Waals surface area contributed by atoms with Gasteiger partial charge in [0.1, 0.15) is 0 Å². The number of hydrogen-bond donors (Lipinski definition) is 2. The third kappa shape index (κ3) is 2.96. The van der Waals surface area contributed by atoms with Crippen LogP contribution >= 0.6 is 0 Å². The number of carbonyl (C=O) groups is 1. The summed E-state index contributed by atoms with van der Waals surface area (Å²) < 4.78 is 0. The Balaban J connectivity index is 2.41. The van der Waals surface area contributed by atoms with Crippen LogP contribution in [0.15, 0.2) is 41.2 Å². The maximum absolute atomic E-state index is 11.5.